The molecule has 1 heterocycles. The number of carbonyl (C=O) groups is 2. The normalized spacial score (nSPS) is 10.3. The molecule has 0 aliphatic carbocycles. The Morgan fingerprint density at radius 2 is 1.42 bits per heavy atom. The maximum atomic E-state index is 11.9. The molecule has 1 aromatic heterocycles. The molecule has 24 heavy (non-hydrogen) atoms. The molecule has 0 unspecified atom stereocenters. The van der Waals surface area contributed by atoms with Crippen LogP contribution in [0.3, 0.4) is 0 Å². The zero-order chi connectivity index (χ0) is 18.4. The molecule has 0 spiro atoms. The van der Waals surface area contributed by atoms with Crippen molar-refractivity contribution in [2.75, 3.05) is 13.2 Å². The first-order valence-corrected chi connectivity index (χ1v) is 6.62. The summed E-state index contributed by atoms with van der Waals surface area (Å²) in [5.41, 5.74) is -3.78. The first-order valence-electron chi connectivity index (χ1n) is 6.62. The SMILES string of the molecule is CCOC(=O)C(C(=O)OCC)n1cc([N+](=O)[O-])c(=O)c([N+](=O)[O-])c1. The summed E-state index contributed by atoms with van der Waals surface area (Å²) in [6.07, 6.45) is 1.10. The van der Waals surface area contributed by atoms with Crippen molar-refractivity contribution in [2.24, 2.45) is 0 Å². The molecule has 0 fully saturated rings. The van der Waals surface area contributed by atoms with Crippen LogP contribution in [0.25, 0.3) is 0 Å². The van der Waals surface area contributed by atoms with E-state index < -0.39 is 44.6 Å². The van der Waals surface area contributed by atoms with E-state index in [-0.39, 0.29) is 13.2 Å². The number of carbonyl (C=O) groups excluding carboxylic acids is 2. The van der Waals surface area contributed by atoms with Gasteiger partial charge in [-0.1, -0.05) is 0 Å². The van der Waals surface area contributed by atoms with Gasteiger partial charge in [-0.25, -0.2) is 9.59 Å². The Bertz CT molecular complexity index is 684. The van der Waals surface area contributed by atoms with E-state index in [9.17, 15) is 34.6 Å². The molecule has 0 saturated carbocycles. The van der Waals surface area contributed by atoms with Gasteiger partial charge in [0.2, 0.25) is 6.04 Å². The Kier molecular flexibility index (Phi) is 6.09. The van der Waals surface area contributed by atoms with Gasteiger partial charge in [-0.2, -0.15) is 0 Å². The molecule has 0 aliphatic rings. The molecular formula is C12H13N3O9. The number of aromatic nitrogens is 1. The van der Waals surface area contributed by atoms with Crippen LogP contribution in [-0.2, 0) is 19.1 Å². The Morgan fingerprint density at radius 3 is 1.71 bits per heavy atom. The second-order valence-corrected chi connectivity index (χ2v) is 4.23. The van der Waals surface area contributed by atoms with E-state index in [0.717, 1.165) is 0 Å². The third-order valence-corrected chi connectivity index (χ3v) is 2.72. The van der Waals surface area contributed by atoms with Crippen LogP contribution >= 0.6 is 0 Å². The fourth-order valence-corrected chi connectivity index (χ4v) is 1.76. The van der Waals surface area contributed by atoms with Crippen molar-refractivity contribution >= 4 is 23.3 Å². The van der Waals surface area contributed by atoms with Gasteiger partial charge in [-0.3, -0.25) is 25.0 Å². The summed E-state index contributed by atoms with van der Waals surface area (Å²) in [6, 6.07) is -1.86. The highest BCUT2D eigenvalue weighted by Crippen LogP contribution is 2.19. The molecule has 0 radical (unpaired) electrons. The van der Waals surface area contributed by atoms with E-state index in [1.54, 1.807) is 0 Å². The van der Waals surface area contributed by atoms with Crippen LogP contribution in [0.4, 0.5) is 11.4 Å². The minimum absolute atomic E-state index is 0.112. The maximum Gasteiger partial charge on any atom is 0.340 e. The van der Waals surface area contributed by atoms with Gasteiger partial charge in [0.05, 0.1) is 35.5 Å². The van der Waals surface area contributed by atoms with Crippen molar-refractivity contribution in [3.8, 4) is 0 Å². The molecule has 0 bridgehead atoms. The van der Waals surface area contributed by atoms with Crippen LogP contribution in [0.2, 0.25) is 0 Å². The van der Waals surface area contributed by atoms with Gasteiger partial charge in [-0.15, -0.1) is 0 Å². The number of nitro groups is 2. The molecule has 1 rings (SSSR count). The monoisotopic (exact) mass is 343 g/mol. The number of esters is 2. The van der Waals surface area contributed by atoms with Crippen molar-refractivity contribution in [3.05, 3.63) is 42.8 Å². The molecule has 0 atom stereocenters. The van der Waals surface area contributed by atoms with E-state index in [0.29, 0.717) is 17.0 Å². The lowest BCUT2D eigenvalue weighted by Gasteiger charge is -2.16. The lowest BCUT2D eigenvalue weighted by molar-refractivity contribution is -0.397. The third-order valence-electron chi connectivity index (χ3n) is 2.72. The summed E-state index contributed by atoms with van der Waals surface area (Å²) >= 11 is 0. The van der Waals surface area contributed by atoms with Crippen LogP contribution in [0.5, 0.6) is 0 Å². The molecule has 12 heteroatoms. The number of pyridine rings is 1. The van der Waals surface area contributed by atoms with Gasteiger partial charge in [0.1, 0.15) is 0 Å². The van der Waals surface area contributed by atoms with Crippen molar-refractivity contribution < 1.29 is 28.9 Å². The second-order valence-electron chi connectivity index (χ2n) is 4.23. The van der Waals surface area contributed by atoms with Crippen LogP contribution in [-0.4, -0.2) is 39.6 Å². The molecule has 130 valence electrons. The van der Waals surface area contributed by atoms with Crippen molar-refractivity contribution in [3.63, 3.8) is 0 Å². The highest BCUT2D eigenvalue weighted by Gasteiger charge is 2.35. The number of hydrogen-bond acceptors (Lipinski definition) is 9. The Morgan fingerprint density at radius 1 is 1.04 bits per heavy atom. The largest absolute Gasteiger partial charge is 0.464 e. The van der Waals surface area contributed by atoms with Gasteiger partial charge >= 0.3 is 28.7 Å². The Balaban J connectivity index is 3.60. The lowest BCUT2D eigenvalue weighted by atomic mass is 10.2. The van der Waals surface area contributed by atoms with Gasteiger partial charge in [-0.05, 0) is 13.8 Å². The Hall–Kier alpha value is -3.31. The lowest BCUT2D eigenvalue weighted by Crippen LogP contribution is -2.32. The van der Waals surface area contributed by atoms with Crippen LogP contribution < -0.4 is 5.43 Å². The van der Waals surface area contributed by atoms with Crippen molar-refractivity contribution in [1.29, 1.82) is 0 Å². The van der Waals surface area contributed by atoms with Crippen LogP contribution in [0, 0.1) is 20.2 Å². The fourth-order valence-electron chi connectivity index (χ4n) is 1.76. The molecule has 0 saturated heterocycles. The number of hydrogen-bond donors (Lipinski definition) is 0. The van der Waals surface area contributed by atoms with Crippen LogP contribution in [0.15, 0.2) is 17.2 Å². The van der Waals surface area contributed by atoms with E-state index in [1.807, 2.05) is 0 Å². The van der Waals surface area contributed by atoms with E-state index in [1.165, 1.54) is 13.8 Å². The minimum atomic E-state index is -1.86. The number of ether oxygens (including phenoxy) is 2. The summed E-state index contributed by atoms with van der Waals surface area (Å²) in [4.78, 5) is 55.1. The average Bonchev–Trinajstić information content (AvgIpc) is 2.48. The van der Waals surface area contributed by atoms with Gasteiger partial charge in [0.25, 0.3) is 0 Å². The Labute approximate surface area is 133 Å². The molecule has 0 aliphatic heterocycles. The molecule has 1 aromatic rings. The quantitative estimate of drug-likeness (QED) is 0.294. The molecule has 12 nitrogen and oxygen atoms in total. The van der Waals surface area contributed by atoms with Crippen LogP contribution in [0.1, 0.15) is 19.9 Å². The highest BCUT2D eigenvalue weighted by atomic mass is 16.6. The van der Waals surface area contributed by atoms with E-state index >= 15 is 0 Å². The van der Waals surface area contributed by atoms with Crippen molar-refractivity contribution in [1.82, 2.24) is 4.57 Å². The molecule has 0 N–H and O–H groups in total. The average molecular weight is 343 g/mol. The molecule has 0 aromatic carbocycles. The van der Waals surface area contributed by atoms with Gasteiger partial charge in [0.15, 0.2) is 0 Å². The first kappa shape index (κ1) is 18.7. The second kappa shape index (κ2) is 7.80. The molecule has 0 amide bonds. The van der Waals surface area contributed by atoms with Gasteiger partial charge in [0, 0.05) is 0 Å². The smallest absolute Gasteiger partial charge is 0.340 e. The minimum Gasteiger partial charge on any atom is -0.464 e. The fraction of sp³-hybridized carbons (Fsp3) is 0.417. The molecular weight excluding hydrogens is 330 g/mol. The predicted molar refractivity (Wildman–Crippen MR) is 76.3 cm³/mol. The zero-order valence-corrected chi connectivity index (χ0v) is 12.7. The zero-order valence-electron chi connectivity index (χ0n) is 12.7. The van der Waals surface area contributed by atoms with E-state index in [2.05, 4.69) is 9.47 Å². The number of rotatable bonds is 7. The summed E-state index contributed by atoms with van der Waals surface area (Å²) in [6.45, 7) is 2.69. The maximum absolute atomic E-state index is 11.9. The summed E-state index contributed by atoms with van der Waals surface area (Å²) < 4.78 is 9.92. The predicted octanol–water partition coefficient (Wildman–Crippen LogP) is 0.332. The van der Waals surface area contributed by atoms with Gasteiger partial charge < -0.3 is 14.0 Å². The summed E-state index contributed by atoms with van der Waals surface area (Å²) in [5, 5.41) is 21.8. The van der Waals surface area contributed by atoms with Crippen molar-refractivity contribution in [2.45, 2.75) is 19.9 Å². The summed E-state index contributed by atoms with van der Waals surface area (Å²) in [5.74, 6) is -2.27. The first-order chi connectivity index (χ1) is 11.2. The summed E-state index contributed by atoms with van der Waals surface area (Å²) in [7, 11) is 0. The highest BCUT2D eigenvalue weighted by molar-refractivity contribution is 5.97. The van der Waals surface area contributed by atoms with E-state index in [4.69, 9.17) is 0 Å². The topological polar surface area (TPSA) is 161 Å². The number of nitrogens with zero attached hydrogens (tertiary/aromatic N) is 3. The standard InChI is InChI=1S/C12H13N3O9/c1-3-23-11(17)9(12(18)24-4-2)13-5-7(14(19)20)10(16)8(6-13)15(21)22/h5-6,9H,3-4H2,1-2H3. The third kappa shape index (κ3) is 3.91.